The second-order valence-corrected chi connectivity index (χ2v) is 6.92. The van der Waals surface area contributed by atoms with Crippen LogP contribution in [0.15, 0.2) is 17.6 Å². The third-order valence-electron chi connectivity index (χ3n) is 3.46. The molecule has 0 saturated heterocycles. The molecule has 3 aromatic heterocycles. The number of hydrogen-bond donors (Lipinski definition) is 1. The van der Waals surface area contributed by atoms with Gasteiger partial charge in [0.25, 0.3) is 0 Å². The molecule has 0 aliphatic heterocycles. The molecule has 0 bridgehead atoms. The molecule has 0 aliphatic carbocycles. The van der Waals surface area contributed by atoms with Gasteiger partial charge in [0.15, 0.2) is 5.65 Å². The molecule has 7 heteroatoms. The summed E-state index contributed by atoms with van der Waals surface area (Å²) >= 11 is 7.83. The second-order valence-electron chi connectivity index (χ2n) is 5.65. The summed E-state index contributed by atoms with van der Waals surface area (Å²) < 4.78 is 1.80. The highest BCUT2D eigenvalue weighted by Gasteiger charge is 2.16. The molecule has 0 radical (unpaired) electrons. The second kappa shape index (κ2) is 5.85. The van der Waals surface area contributed by atoms with E-state index in [0.29, 0.717) is 11.1 Å². The Morgan fingerprint density at radius 3 is 2.68 bits per heavy atom. The maximum absolute atomic E-state index is 6.19. The van der Waals surface area contributed by atoms with E-state index < -0.39 is 0 Å². The molecule has 0 saturated carbocycles. The van der Waals surface area contributed by atoms with Crippen LogP contribution >= 0.6 is 22.9 Å². The molecule has 1 unspecified atom stereocenters. The van der Waals surface area contributed by atoms with Crippen molar-refractivity contribution in [3.8, 4) is 0 Å². The molecule has 3 aromatic rings. The van der Waals surface area contributed by atoms with Crippen LogP contribution in [-0.2, 0) is 0 Å². The van der Waals surface area contributed by atoms with Gasteiger partial charge in [0, 0.05) is 22.7 Å². The summed E-state index contributed by atoms with van der Waals surface area (Å²) in [7, 11) is 0. The van der Waals surface area contributed by atoms with Gasteiger partial charge in [-0.15, -0.1) is 11.3 Å². The van der Waals surface area contributed by atoms with Crippen molar-refractivity contribution in [3.05, 3.63) is 39.1 Å². The summed E-state index contributed by atoms with van der Waals surface area (Å²) in [5.74, 6) is 1.16. The van der Waals surface area contributed by atoms with E-state index in [0.717, 1.165) is 27.7 Å². The predicted octanol–water partition coefficient (Wildman–Crippen LogP) is 4.44. The van der Waals surface area contributed by atoms with Gasteiger partial charge < -0.3 is 5.32 Å². The van der Waals surface area contributed by atoms with Gasteiger partial charge in [0.05, 0.1) is 12.2 Å². The Hall–Kier alpha value is -1.66. The lowest BCUT2D eigenvalue weighted by Gasteiger charge is -2.14. The molecule has 3 heterocycles. The average molecular weight is 336 g/mol. The SMILES string of the molecule is Cc1csc(C(C)Nc2cc(Cl)nc3c(C(C)C)cnn23)n1. The fourth-order valence-corrected chi connectivity index (χ4v) is 3.30. The Kier molecular flexibility index (Phi) is 4.06. The summed E-state index contributed by atoms with van der Waals surface area (Å²) in [6.45, 7) is 8.31. The minimum Gasteiger partial charge on any atom is -0.361 e. The summed E-state index contributed by atoms with van der Waals surface area (Å²) in [4.78, 5) is 8.93. The van der Waals surface area contributed by atoms with Crippen LogP contribution in [0.4, 0.5) is 5.82 Å². The standard InChI is InChI=1S/C15H18ClN5S/c1-8(2)11-6-17-21-13(5-12(16)20-14(11)21)19-10(4)15-18-9(3)7-22-15/h5-8,10,19H,1-4H3. The molecule has 22 heavy (non-hydrogen) atoms. The maximum atomic E-state index is 6.19. The van der Waals surface area contributed by atoms with E-state index >= 15 is 0 Å². The topological polar surface area (TPSA) is 55.1 Å². The van der Waals surface area contributed by atoms with E-state index in [4.69, 9.17) is 11.6 Å². The smallest absolute Gasteiger partial charge is 0.162 e. The van der Waals surface area contributed by atoms with Crippen molar-refractivity contribution in [1.82, 2.24) is 19.6 Å². The number of rotatable bonds is 4. The molecular formula is C15H18ClN5S. The first-order valence-electron chi connectivity index (χ1n) is 7.18. The highest BCUT2D eigenvalue weighted by atomic mass is 35.5. The zero-order valence-corrected chi connectivity index (χ0v) is 14.5. The number of aromatic nitrogens is 4. The minimum atomic E-state index is 0.0760. The summed E-state index contributed by atoms with van der Waals surface area (Å²) in [5.41, 5.74) is 2.92. The molecule has 3 rings (SSSR count). The first kappa shape index (κ1) is 15.2. The predicted molar refractivity (Wildman–Crippen MR) is 91.0 cm³/mol. The molecule has 116 valence electrons. The number of nitrogens with zero attached hydrogens (tertiary/aromatic N) is 4. The first-order valence-corrected chi connectivity index (χ1v) is 8.44. The van der Waals surface area contributed by atoms with Crippen LogP contribution in [0.2, 0.25) is 5.15 Å². The largest absolute Gasteiger partial charge is 0.361 e. The van der Waals surface area contributed by atoms with Gasteiger partial charge in [-0.25, -0.2) is 9.97 Å². The van der Waals surface area contributed by atoms with Gasteiger partial charge in [-0.3, -0.25) is 0 Å². The molecule has 0 spiro atoms. The van der Waals surface area contributed by atoms with Crippen molar-refractivity contribution < 1.29 is 0 Å². The number of fused-ring (bicyclic) bond motifs is 1. The third-order valence-corrected chi connectivity index (χ3v) is 4.80. The van der Waals surface area contributed by atoms with Crippen molar-refractivity contribution in [1.29, 1.82) is 0 Å². The Bertz CT molecular complexity index is 807. The minimum absolute atomic E-state index is 0.0760. The van der Waals surface area contributed by atoms with E-state index in [-0.39, 0.29) is 6.04 Å². The van der Waals surface area contributed by atoms with Crippen LogP contribution in [0.25, 0.3) is 5.65 Å². The quantitative estimate of drug-likeness (QED) is 0.716. The third kappa shape index (κ3) is 2.80. The fourth-order valence-electron chi connectivity index (χ4n) is 2.31. The van der Waals surface area contributed by atoms with Gasteiger partial charge in [-0.2, -0.15) is 9.61 Å². The number of hydrogen-bond acceptors (Lipinski definition) is 5. The Morgan fingerprint density at radius 1 is 1.27 bits per heavy atom. The van der Waals surface area contributed by atoms with Crippen LogP contribution in [-0.4, -0.2) is 19.6 Å². The van der Waals surface area contributed by atoms with Crippen molar-refractivity contribution in [2.45, 2.75) is 39.7 Å². The molecule has 1 N–H and O–H groups in total. The fraction of sp³-hybridized carbons (Fsp3) is 0.400. The van der Waals surface area contributed by atoms with E-state index in [9.17, 15) is 0 Å². The lowest BCUT2D eigenvalue weighted by molar-refractivity contribution is 0.828. The zero-order chi connectivity index (χ0) is 15.9. The molecule has 0 fully saturated rings. The van der Waals surface area contributed by atoms with E-state index in [1.807, 2.05) is 18.5 Å². The number of anilines is 1. The van der Waals surface area contributed by atoms with Crippen molar-refractivity contribution in [2.24, 2.45) is 0 Å². The summed E-state index contributed by atoms with van der Waals surface area (Å²) in [5, 5.41) is 11.4. The zero-order valence-electron chi connectivity index (χ0n) is 13.0. The van der Waals surface area contributed by atoms with Crippen LogP contribution in [0, 0.1) is 6.92 Å². The van der Waals surface area contributed by atoms with Gasteiger partial charge in [-0.1, -0.05) is 25.4 Å². The first-order chi connectivity index (χ1) is 10.5. The summed E-state index contributed by atoms with van der Waals surface area (Å²) in [6.07, 6.45) is 1.85. The van der Waals surface area contributed by atoms with Crippen LogP contribution in [0.3, 0.4) is 0 Å². The number of thiazole rings is 1. The monoisotopic (exact) mass is 335 g/mol. The average Bonchev–Trinajstić information content (AvgIpc) is 3.04. The van der Waals surface area contributed by atoms with Gasteiger partial charge >= 0.3 is 0 Å². The van der Waals surface area contributed by atoms with Gasteiger partial charge in [0.1, 0.15) is 16.0 Å². The van der Waals surface area contributed by atoms with Crippen molar-refractivity contribution >= 4 is 34.4 Å². The van der Waals surface area contributed by atoms with Crippen LogP contribution in [0.5, 0.6) is 0 Å². The normalized spacial score (nSPS) is 13.0. The van der Waals surface area contributed by atoms with E-state index in [2.05, 4.69) is 41.2 Å². The maximum Gasteiger partial charge on any atom is 0.162 e. The molecule has 0 aliphatic rings. The number of aryl methyl sites for hydroxylation is 1. The van der Waals surface area contributed by atoms with E-state index in [1.54, 1.807) is 21.9 Å². The van der Waals surface area contributed by atoms with Gasteiger partial charge in [0.2, 0.25) is 0 Å². The molecular weight excluding hydrogens is 318 g/mol. The lowest BCUT2D eigenvalue weighted by atomic mass is 10.1. The molecule has 0 amide bonds. The van der Waals surface area contributed by atoms with E-state index in [1.165, 1.54) is 0 Å². The number of nitrogens with one attached hydrogen (secondary N) is 1. The van der Waals surface area contributed by atoms with Crippen molar-refractivity contribution in [3.63, 3.8) is 0 Å². The molecule has 5 nitrogen and oxygen atoms in total. The summed E-state index contributed by atoms with van der Waals surface area (Å²) in [6, 6.07) is 1.87. The Morgan fingerprint density at radius 2 is 2.05 bits per heavy atom. The highest BCUT2D eigenvalue weighted by molar-refractivity contribution is 7.09. The Labute approximate surface area is 138 Å². The Balaban J connectivity index is 2.00. The van der Waals surface area contributed by atoms with Crippen molar-refractivity contribution in [2.75, 3.05) is 5.32 Å². The molecule has 1 atom stereocenters. The lowest BCUT2D eigenvalue weighted by Crippen LogP contribution is -2.11. The van der Waals surface area contributed by atoms with Crippen LogP contribution in [0.1, 0.15) is 49.0 Å². The van der Waals surface area contributed by atoms with Gasteiger partial charge in [-0.05, 0) is 19.8 Å². The highest BCUT2D eigenvalue weighted by Crippen LogP contribution is 2.27. The van der Waals surface area contributed by atoms with Crippen LogP contribution < -0.4 is 5.32 Å². The number of halogens is 1. The molecule has 0 aromatic carbocycles.